The van der Waals surface area contributed by atoms with Gasteiger partial charge in [-0.25, -0.2) is 12.8 Å². The lowest BCUT2D eigenvalue weighted by Crippen LogP contribution is -2.53. The first-order valence-electron chi connectivity index (χ1n) is 14.6. The molecule has 1 N–H and O–H groups in total. The van der Waals surface area contributed by atoms with E-state index in [1.165, 1.54) is 47.4 Å². The topological polar surface area (TPSA) is 86.8 Å². The minimum absolute atomic E-state index is 0.0126. The van der Waals surface area contributed by atoms with Gasteiger partial charge in [0.1, 0.15) is 18.4 Å². The third-order valence-corrected chi connectivity index (χ3v) is 9.32. The second-order valence-corrected chi connectivity index (χ2v) is 13.5. The van der Waals surface area contributed by atoms with E-state index in [0.717, 1.165) is 15.4 Å². The van der Waals surface area contributed by atoms with Gasteiger partial charge in [-0.3, -0.25) is 13.9 Å². The maximum Gasteiger partial charge on any atom is 0.264 e. The molecule has 4 aromatic rings. The van der Waals surface area contributed by atoms with Crippen LogP contribution in [0, 0.1) is 18.7 Å². The summed E-state index contributed by atoms with van der Waals surface area (Å²) in [5.41, 5.74) is 2.38. The van der Waals surface area contributed by atoms with Crippen LogP contribution in [0.25, 0.3) is 0 Å². The first-order chi connectivity index (χ1) is 21.5. The number of halogens is 2. The normalized spacial score (nSPS) is 12.0. The van der Waals surface area contributed by atoms with Crippen molar-refractivity contribution in [3.63, 3.8) is 0 Å². The van der Waals surface area contributed by atoms with Crippen molar-refractivity contribution < 1.29 is 22.4 Å². The predicted octanol–water partition coefficient (Wildman–Crippen LogP) is 6.40. The van der Waals surface area contributed by atoms with E-state index in [1.807, 2.05) is 51.1 Å². The van der Waals surface area contributed by atoms with Crippen molar-refractivity contribution in [3.8, 4) is 0 Å². The molecule has 0 radical (unpaired) electrons. The molecule has 0 spiro atoms. The minimum atomic E-state index is -4.28. The van der Waals surface area contributed by atoms with Crippen LogP contribution in [-0.4, -0.2) is 44.3 Å². The van der Waals surface area contributed by atoms with E-state index in [-0.39, 0.29) is 40.4 Å². The van der Waals surface area contributed by atoms with Crippen molar-refractivity contribution >= 4 is 39.1 Å². The van der Waals surface area contributed by atoms with Crippen molar-refractivity contribution in [3.05, 3.63) is 131 Å². The van der Waals surface area contributed by atoms with Crippen LogP contribution in [0.15, 0.2) is 108 Å². The van der Waals surface area contributed by atoms with E-state index in [1.54, 1.807) is 30.3 Å². The van der Waals surface area contributed by atoms with Gasteiger partial charge < -0.3 is 10.2 Å². The number of nitrogens with one attached hydrogen (secondary N) is 1. The zero-order chi connectivity index (χ0) is 32.6. The van der Waals surface area contributed by atoms with Crippen molar-refractivity contribution in [1.29, 1.82) is 0 Å². The average molecular weight is 650 g/mol. The molecule has 0 unspecified atom stereocenters. The summed E-state index contributed by atoms with van der Waals surface area (Å²) >= 11 is 6.51. The molecule has 0 aliphatic carbocycles. The van der Waals surface area contributed by atoms with Crippen LogP contribution in [0.4, 0.5) is 10.1 Å². The highest BCUT2D eigenvalue weighted by Gasteiger charge is 2.35. The molecule has 2 amide bonds. The van der Waals surface area contributed by atoms with Crippen molar-refractivity contribution in [2.24, 2.45) is 5.92 Å². The first kappa shape index (κ1) is 33.7. The molecule has 0 aromatic heterocycles. The smallest absolute Gasteiger partial charge is 0.264 e. The number of carbonyl (C=O) groups excluding carboxylic acids is 2. The lowest BCUT2D eigenvalue weighted by Gasteiger charge is -2.34. The largest absolute Gasteiger partial charge is 0.354 e. The minimum Gasteiger partial charge on any atom is -0.354 e. The number of rotatable bonds is 13. The van der Waals surface area contributed by atoms with Crippen molar-refractivity contribution in [2.45, 2.75) is 44.7 Å². The number of anilines is 1. The number of nitrogens with zero attached hydrogens (tertiary/aromatic N) is 2. The molecule has 0 aliphatic rings. The highest BCUT2D eigenvalue weighted by molar-refractivity contribution is 7.92. The molecule has 1 atom stereocenters. The Morgan fingerprint density at radius 3 is 2.09 bits per heavy atom. The van der Waals surface area contributed by atoms with Crippen LogP contribution in [0.1, 0.15) is 30.5 Å². The molecule has 0 aliphatic heterocycles. The van der Waals surface area contributed by atoms with Crippen molar-refractivity contribution in [2.75, 3.05) is 17.4 Å². The summed E-state index contributed by atoms with van der Waals surface area (Å²) < 4.78 is 43.0. The molecule has 0 saturated carbocycles. The third kappa shape index (κ3) is 8.93. The Labute approximate surface area is 269 Å². The van der Waals surface area contributed by atoms with Gasteiger partial charge in [0, 0.05) is 19.5 Å². The third-order valence-electron chi connectivity index (χ3n) is 7.23. The molecule has 45 heavy (non-hydrogen) atoms. The number of benzene rings is 4. The zero-order valence-corrected chi connectivity index (χ0v) is 27.1. The summed E-state index contributed by atoms with van der Waals surface area (Å²) in [6.45, 7) is 5.46. The molecule has 0 bridgehead atoms. The van der Waals surface area contributed by atoms with Crippen LogP contribution in [-0.2, 0) is 32.6 Å². The van der Waals surface area contributed by atoms with Crippen LogP contribution in [0.2, 0.25) is 5.02 Å². The maximum atomic E-state index is 14.4. The zero-order valence-electron chi connectivity index (χ0n) is 25.5. The fraction of sp³-hybridized carbons (Fsp3) is 0.257. The van der Waals surface area contributed by atoms with Gasteiger partial charge in [0.2, 0.25) is 11.8 Å². The second-order valence-electron chi connectivity index (χ2n) is 11.3. The molecular formula is C35H37ClFN3O4S. The van der Waals surface area contributed by atoms with Crippen LogP contribution in [0.3, 0.4) is 0 Å². The lowest BCUT2D eigenvalue weighted by molar-refractivity contribution is -0.140. The predicted molar refractivity (Wildman–Crippen MR) is 176 cm³/mol. The Bertz CT molecular complexity index is 1700. The molecule has 4 rings (SSSR count). The molecule has 0 fully saturated rings. The number of carbonyl (C=O) groups is 2. The Hall–Kier alpha value is -4.21. The molecule has 10 heteroatoms. The monoisotopic (exact) mass is 649 g/mol. The van der Waals surface area contributed by atoms with Gasteiger partial charge in [-0.15, -0.1) is 0 Å². The van der Waals surface area contributed by atoms with E-state index in [9.17, 15) is 22.4 Å². The van der Waals surface area contributed by atoms with Crippen LogP contribution >= 0.6 is 11.6 Å². The quantitative estimate of drug-likeness (QED) is 0.182. The Balaban J connectivity index is 1.80. The fourth-order valence-electron chi connectivity index (χ4n) is 4.77. The summed E-state index contributed by atoms with van der Waals surface area (Å²) in [6, 6.07) is 26.6. The molecular weight excluding hydrogens is 613 g/mol. The number of sulfonamides is 1. The highest BCUT2D eigenvalue weighted by atomic mass is 35.5. The maximum absolute atomic E-state index is 14.4. The standard InChI is InChI=1S/C35H37ClFN3O4S/c1-25(2)22-38-35(42)33(21-27-9-5-4-6-10-27)39(23-28-15-17-29(37)18-16-28)34(41)24-40(32-12-8-7-11-31(32)36)45(43,44)30-19-13-26(3)14-20-30/h4-20,25,33H,21-24H2,1-3H3,(H,38,42)/t33-/m0/s1. The van der Waals surface area contributed by atoms with E-state index < -0.39 is 34.3 Å². The average Bonchev–Trinajstić information content (AvgIpc) is 3.02. The molecule has 0 saturated heterocycles. The first-order valence-corrected chi connectivity index (χ1v) is 16.5. The summed E-state index contributed by atoms with van der Waals surface area (Å²) in [4.78, 5) is 29.6. The number of hydrogen-bond donors (Lipinski definition) is 1. The molecule has 236 valence electrons. The van der Waals surface area contributed by atoms with Gasteiger partial charge in [-0.2, -0.15) is 0 Å². The van der Waals surface area contributed by atoms with E-state index in [0.29, 0.717) is 12.1 Å². The number of hydrogen-bond acceptors (Lipinski definition) is 4. The fourth-order valence-corrected chi connectivity index (χ4v) is 6.49. The molecule has 0 heterocycles. The van der Waals surface area contributed by atoms with E-state index >= 15 is 0 Å². The van der Waals surface area contributed by atoms with Crippen LogP contribution in [0.5, 0.6) is 0 Å². The summed E-state index contributed by atoms with van der Waals surface area (Å²) in [7, 11) is -4.28. The van der Waals surface area contributed by atoms with E-state index in [4.69, 9.17) is 11.6 Å². The Morgan fingerprint density at radius 2 is 1.47 bits per heavy atom. The summed E-state index contributed by atoms with van der Waals surface area (Å²) in [5.74, 6) is -1.30. The Kier molecular flexibility index (Phi) is 11.4. The number of para-hydroxylation sites is 1. The van der Waals surface area contributed by atoms with E-state index in [2.05, 4.69) is 5.32 Å². The Morgan fingerprint density at radius 1 is 0.844 bits per heavy atom. The molecule has 7 nitrogen and oxygen atoms in total. The van der Waals surface area contributed by atoms with Crippen molar-refractivity contribution in [1.82, 2.24) is 10.2 Å². The SMILES string of the molecule is Cc1ccc(S(=O)(=O)N(CC(=O)N(Cc2ccc(F)cc2)[C@@H](Cc2ccccc2)C(=O)NCC(C)C)c2ccccc2Cl)cc1. The van der Waals surface area contributed by atoms with Gasteiger partial charge in [-0.05, 0) is 60.4 Å². The lowest BCUT2D eigenvalue weighted by atomic mass is 10.0. The van der Waals surface area contributed by atoms with Gasteiger partial charge in [-0.1, -0.05) is 97.7 Å². The van der Waals surface area contributed by atoms with Crippen LogP contribution < -0.4 is 9.62 Å². The second kappa shape index (κ2) is 15.2. The number of amides is 2. The molecule has 4 aromatic carbocycles. The summed E-state index contributed by atoms with van der Waals surface area (Å²) in [5, 5.41) is 3.08. The van der Waals surface area contributed by atoms with Gasteiger partial charge in [0.25, 0.3) is 10.0 Å². The summed E-state index contributed by atoms with van der Waals surface area (Å²) in [6.07, 6.45) is 0.175. The van der Waals surface area contributed by atoms with Gasteiger partial charge in [0.05, 0.1) is 15.6 Å². The van der Waals surface area contributed by atoms with Gasteiger partial charge >= 0.3 is 0 Å². The van der Waals surface area contributed by atoms with Gasteiger partial charge in [0.15, 0.2) is 0 Å². The number of aryl methyl sites for hydroxylation is 1. The highest BCUT2D eigenvalue weighted by Crippen LogP contribution is 2.31.